The number of carbonyl (C=O) groups excluding carboxylic acids is 2. The molecule has 0 saturated heterocycles. The molecule has 148 valence electrons. The fraction of sp³-hybridized carbons (Fsp3) is 0.467. The highest BCUT2D eigenvalue weighted by Crippen LogP contribution is 2.31. The second-order valence-electron chi connectivity index (χ2n) is 4.17. The molecule has 0 aromatic carbocycles. The highest BCUT2D eigenvalue weighted by Gasteiger charge is 2.17. The smallest absolute Gasteiger partial charge is 0.186 e. The van der Waals surface area contributed by atoms with Crippen LogP contribution in [0.3, 0.4) is 0 Å². The number of hydrazine groups is 1. The van der Waals surface area contributed by atoms with Crippen molar-refractivity contribution in [2.45, 2.75) is 20.8 Å². The highest BCUT2D eigenvalue weighted by atomic mass is 35.5. The molecule has 0 aliphatic heterocycles. The predicted octanol–water partition coefficient (Wildman–Crippen LogP) is 1.37. The van der Waals surface area contributed by atoms with Gasteiger partial charge in [-0.2, -0.15) is 0 Å². The van der Waals surface area contributed by atoms with Crippen LogP contribution in [0.1, 0.15) is 41.6 Å². The van der Waals surface area contributed by atoms with Gasteiger partial charge in [-0.1, -0.05) is 36.8 Å². The molecule has 2 rings (SSSR count). The Morgan fingerprint density at radius 2 is 1.96 bits per heavy atom. The molecular formula is C15H27ClN6O3S. The van der Waals surface area contributed by atoms with E-state index in [9.17, 15) is 9.59 Å². The number of halogens is 1. The first-order valence-electron chi connectivity index (χ1n) is 7.63. The summed E-state index contributed by atoms with van der Waals surface area (Å²) < 4.78 is 2.59. The highest BCUT2D eigenvalue weighted by molar-refractivity contribution is 7.22. The monoisotopic (exact) mass is 406 g/mol. The molecule has 0 amide bonds. The van der Waals surface area contributed by atoms with Crippen LogP contribution in [0.2, 0.25) is 4.47 Å². The van der Waals surface area contributed by atoms with Crippen LogP contribution in [0, 0.1) is 0 Å². The molecule has 6 N–H and O–H groups in total. The van der Waals surface area contributed by atoms with E-state index in [4.69, 9.17) is 28.3 Å². The lowest BCUT2D eigenvalue weighted by molar-refractivity contribution is 0.109. The fourth-order valence-electron chi connectivity index (χ4n) is 1.72. The second-order valence-corrected chi connectivity index (χ2v) is 5.75. The number of aryl methyl sites for hydroxylation is 1. The summed E-state index contributed by atoms with van der Waals surface area (Å²) in [4.78, 5) is 29.4. The van der Waals surface area contributed by atoms with Crippen LogP contribution >= 0.6 is 22.9 Å². The van der Waals surface area contributed by atoms with Gasteiger partial charge in [0.1, 0.15) is 0 Å². The van der Waals surface area contributed by atoms with Gasteiger partial charge < -0.3 is 15.4 Å². The zero-order chi connectivity index (χ0) is 20.7. The summed E-state index contributed by atoms with van der Waals surface area (Å²) in [6, 6.07) is 0. The molecule has 11 heteroatoms. The molecule has 0 aliphatic carbocycles. The molecule has 2 aromatic heterocycles. The summed E-state index contributed by atoms with van der Waals surface area (Å²) in [6.45, 7) is 6.82. The summed E-state index contributed by atoms with van der Waals surface area (Å²) in [5.74, 6) is 4.99. The van der Waals surface area contributed by atoms with Crippen molar-refractivity contribution in [2.24, 2.45) is 23.6 Å². The van der Waals surface area contributed by atoms with Crippen LogP contribution < -0.4 is 17.0 Å². The number of aliphatic hydroxyl groups is 1. The minimum Gasteiger partial charge on any atom is -0.400 e. The summed E-state index contributed by atoms with van der Waals surface area (Å²) in [5, 5.41) is 7.00. The van der Waals surface area contributed by atoms with Gasteiger partial charge in [0.05, 0.1) is 22.6 Å². The number of rotatable bonds is 5. The van der Waals surface area contributed by atoms with Crippen LogP contribution in [0.15, 0.2) is 4.99 Å². The maximum absolute atomic E-state index is 10.8. The molecule has 0 bridgehead atoms. The van der Waals surface area contributed by atoms with Crippen molar-refractivity contribution in [1.82, 2.24) is 15.0 Å². The number of aldehydes is 2. The number of nitrogens with one attached hydrogen (secondary N) is 1. The van der Waals surface area contributed by atoms with Gasteiger partial charge in [-0.15, -0.1) is 0 Å². The van der Waals surface area contributed by atoms with Gasteiger partial charge in [-0.05, 0) is 6.92 Å². The lowest BCUT2D eigenvalue weighted by atomic mass is 10.3. The molecule has 0 atom stereocenters. The summed E-state index contributed by atoms with van der Waals surface area (Å²) in [5.41, 5.74) is 9.77. The number of fused-ring (bicyclic) bond motifs is 1. The van der Waals surface area contributed by atoms with Gasteiger partial charge >= 0.3 is 0 Å². The first-order valence-corrected chi connectivity index (χ1v) is 8.82. The van der Waals surface area contributed by atoms with Crippen molar-refractivity contribution in [3.8, 4) is 0 Å². The molecule has 0 unspecified atom stereocenters. The van der Waals surface area contributed by atoms with E-state index in [1.54, 1.807) is 11.6 Å². The molecule has 2 heterocycles. The topological polar surface area (TPSA) is 149 Å². The van der Waals surface area contributed by atoms with E-state index in [1.165, 1.54) is 11.3 Å². The number of aliphatic imine (C=N–C) groups is 1. The first kappa shape index (κ1) is 26.5. The lowest BCUT2D eigenvalue weighted by Crippen LogP contribution is -2.28. The zero-order valence-electron chi connectivity index (χ0n) is 15.6. The maximum atomic E-state index is 10.8. The van der Waals surface area contributed by atoms with Crippen LogP contribution in [0.4, 0.5) is 0 Å². The third-order valence-electron chi connectivity index (χ3n) is 2.73. The van der Waals surface area contributed by atoms with Gasteiger partial charge in [-0.25, -0.2) is 4.98 Å². The number of hydrogen-bond acceptors (Lipinski definition) is 9. The van der Waals surface area contributed by atoms with E-state index in [2.05, 4.69) is 15.4 Å². The van der Waals surface area contributed by atoms with Crippen molar-refractivity contribution in [2.75, 3.05) is 20.3 Å². The number of nitrogens with two attached hydrogens (primary N) is 2. The Morgan fingerprint density at radius 3 is 2.38 bits per heavy atom. The maximum Gasteiger partial charge on any atom is 0.186 e. The number of nitrogens with zero attached hydrogens (tertiary/aromatic N) is 3. The van der Waals surface area contributed by atoms with E-state index >= 15 is 0 Å². The predicted molar refractivity (Wildman–Crippen MR) is 108 cm³/mol. The number of aliphatic hydroxyl groups excluding tert-OH is 1. The molecule has 0 saturated carbocycles. The number of aromatic nitrogens is 2. The van der Waals surface area contributed by atoms with E-state index in [0.29, 0.717) is 51.9 Å². The average Bonchev–Trinajstić information content (AvgIpc) is 3.15. The summed E-state index contributed by atoms with van der Waals surface area (Å²) in [6.07, 6.45) is 1.30. The molecule has 0 spiro atoms. The quantitative estimate of drug-likeness (QED) is 0.253. The van der Waals surface area contributed by atoms with Crippen LogP contribution in [-0.4, -0.2) is 53.3 Å². The normalized spacial score (nSPS) is 9.96. The molecule has 0 aliphatic rings. The second kappa shape index (κ2) is 15.6. The Balaban J connectivity index is 0. The largest absolute Gasteiger partial charge is 0.400 e. The standard InChI is InChI=1S/C8H5ClN2O2S.C4H12N4.C2H6.CH4O/c1-11-5(3-13)4(2-12)6-7(11)10-8(9)14-6;1-4(2-8-6)7-3-5;2*1-2/h2-3H,1H3;8H,2-3,5-6H2,1H3;1-2H3;2H,1H3/b;7-4+;;. The van der Waals surface area contributed by atoms with Crippen molar-refractivity contribution >= 4 is 51.6 Å². The van der Waals surface area contributed by atoms with E-state index in [-0.39, 0.29) is 0 Å². The SMILES string of the molecule is C/C(CNN)=N\CN.CC.CO.Cn1c(C=O)c(C=O)c2sc(Cl)nc21. The Kier molecular flexibility index (Phi) is 15.9. The minimum atomic E-state index is 0.338. The average molecular weight is 407 g/mol. The van der Waals surface area contributed by atoms with Gasteiger partial charge in [0.2, 0.25) is 0 Å². The fourth-order valence-corrected chi connectivity index (χ4v) is 2.86. The van der Waals surface area contributed by atoms with Crippen molar-refractivity contribution < 1.29 is 14.7 Å². The van der Waals surface area contributed by atoms with E-state index in [1.807, 2.05) is 20.8 Å². The Morgan fingerprint density at radius 1 is 1.38 bits per heavy atom. The molecule has 2 aromatic rings. The number of hydrogen-bond donors (Lipinski definition) is 4. The van der Waals surface area contributed by atoms with Crippen molar-refractivity contribution in [1.29, 1.82) is 0 Å². The summed E-state index contributed by atoms with van der Waals surface area (Å²) >= 11 is 6.91. The number of carbonyl (C=O) groups is 2. The van der Waals surface area contributed by atoms with Crippen LogP contribution in [0.25, 0.3) is 10.3 Å². The molecule has 26 heavy (non-hydrogen) atoms. The molecule has 0 radical (unpaired) electrons. The zero-order valence-corrected chi connectivity index (χ0v) is 17.2. The van der Waals surface area contributed by atoms with E-state index in [0.717, 1.165) is 12.8 Å². The van der Waals surface area contributed by atoms with Gasteiger partial charge in [0.15, 0.2) is 22.7 Å². The van der Waals surface area contributed by atoms with Gasteiger partial charge in [-0.3, -0.25) is 25.8 Å². The molecular weight excluding hydrogens is 380 g/mol. The van der Waals surface area contributed by atoms with Crippen molar-refractivity contribution in [3.05, 3.63) is 15.7 Å². The Hall–Kier alpha value is -1.69. The van der Waals surface area contributed by atoms with Crippen LogP contribution in [-0.2, 0) is 7.05 Å². The summed E-state index contributed by atoms with van der Waals surface area (Å²) in [7, 11) is 2.68. The number of thiazole rings is 1. The van der Waals surface area contributed by atoms with Gasteiger partial charge in [0, 0.05) is 26.4 Å². The molecule has 0 fully saturated rings. The molecule has 9 nitrogen and oxygen atoms in total. The van der Waals surface area contributed by atoms with Gasteiger partial charge in [0.25, 0.3) is 0 Å². The Labute approximate surface area is 162 Å². The third kappa shape index (κ3) is 7.68. The Bertz CT molecular complexity index is 699. The first-order chi connectivity index (χ1) is 12.5. The third-order valence-corrected chi connectivity index (χ3v) is 3.91. The lowest BCUT2D eigenvalue weighted by Gasteiger charge is -1.94. The van der Waals surface area contributed by atoms with Crippen LogP contribution in [0.5, 0.6) is 0 Å². The van der Waals surface area contributed by atoms with Crippen molar-refractivity contribution in [3.63, 3.8) is 0 Å². The minimum absolute atomic E-state index is 0.338. The van der Waals surface area contributed by atoms with E-state index < -0.39 is 0 Å².